The Morgan fingerprint density at radius 2 is 2.04 bits per heavy atom. The first-order chi connectivity index (χ1) is 12.5. The SMILES string of the molecule is Cc1oc(-c2nc(C3CNCCN3C)no2)cc1S(=O)(=O)N1CCCC1. The number of likely N-dealkylation sites (N-methyl/N-ethyl adjacent to an activating group) is 1. The number of hydrogen-bond acceptors (Lipinski definition) is 8. The standard InChI is InChI=1S/C16H23N5O4S/c1-11-14(26(22,23)21-6-3-4-7-21)9-13(24-11)16-18-15(19-25-16)12-10-17-5-8-20(12)2/h9,12,17H,3-8,10H2,1-2H3. The molecule has 2 aromatic heterocycles. The van der Waals surface area contributed by atoms with Gasteiger partial charge in [0.1, 0.15) is 10.7 Å². The molecule has 9 nitrogen and oxygen atoms in total. The summed E-state index contributed by atoms with van der Waals surface area (Å²) in [6.07, 6.45) is 1.78. The minimum absolute atomic E-state index is 0.0186. The molecule has 0 bridgehead atoms. The van der Waals surface area contributed by atoms with Gasteiger partial charge in [0.25, 0.3) is 5.89 Å². The van der Waals surface area contributed by atoms with E-state index in [1.807, 2.05) is 7.05 Å². The van der Waals surface area contributed by atoms with Crippen molar-refractivity contribution in [3.05, 3.63) is 17.7 Å². The van der Waals surface area contributed by atoms with E-state index in [0.717, 1.165) is 32.5 Å². The van der Waals surface area contributed by atoms with Gasteiger partial charge in [0.15, 0.2) is 11.6 Å². The number of piperazine rings is 1. The zero-order chi connectivity index (χ0) is 18.3. The van der Waals surface area contributed by atoms with Crippen LogP contribution in [0.2, 0.25) is 0 Å². The van der Waals surface area contributed by atoms with Gasteiger partial charge in [0.05, 0.1) is 6.04 Å². The second kappa shape index (κ2) is 6.76. The van der Waals surface area contributed by atoms with Gasteiger partial charge in [-0.1, -0.05) is 5.16 Å². The molecule has 26 heavy (non-hydrogen) atoms. The van der Waals surface area contributed by atoms with Crippen LogP contribution in [0, 0.1) is 6.92 Å². The molecule has 2 aromatic rings. The fourth-order valence-electron chi connectivity index (χ4n) is 3.46. The van der Waals surface area contributed by atoms with Gasteiger partial charge in [-0.15, -0.1) is 0 Å². The maximum atomic E-state index is 12.8. The number of aryl methyl sites for hydroxylation is 1. The Morgan fingerprint density at radius 3 is 2.77 bits per heavy atom. The van der Waals surface area contributed by atoms with Crippen LogP contribution >= 0.6 is 0 Å². The van der Waals surface area contributed by atoms with E-state index in [4.69, 9.17) is 8.94 Å². The average Bonchev–Trinajstić information content (AvgIpc) is 3.35. The number of hydrogen-bond donors (Lipinski definition) is 1. The molecule has 2 saturated heterocycles. The van der Waals surface area contributed by atoms with Crippen LogP contribution in [0.1, 0.15) is 30.5 Å². The van der Waals surface area contributed by atoms with Crippen molar-refractivity contribution in [1.82, 2.24) is 24.7 Å². The number of nitrogens with one attached hydrogen (secondary N) is 1. The summed E-state index contributed by atoms with van der Waals surface area (Å²) in [7, 11) is -1.53. The molecular weight excluding hydrogens is 358 g/mol. The molecule has 2 aliphatic heterocycles. The highest BCUT2D eigenvalue weighted by Gasteiger charge is 2.32. The summed E-state index contributed by atoms with van der Waals surface area (Å²) < 4.78 is 38.0. The van der Waals surface area contributed by atoms with Gasteiger partial charge in [-0.3, -0.25) is 4.90 Å². The third-order valence-corrected chi connectivity index (χ3v) is 7.02. The molecule has 0 saturated carbocycles. The normalized spacial score (nSPS) is 22.9. The van der Waals surface area contributed by atoms with E-state index in [1.165, 1.54) is 10.4 Å². The molecule has 142 valence electrons. The van der Waals surface area contributed by atoms with Crippen LogP contribution in [0.3, 0.4) is 0 Å². The van der Waals surface area contributed by atoms with E-state index in [1.54, 1.807) is 6.92 Å². The van der Waals surface area contributed by atoms with E-state index in [9.17, 15) is 8.42 Å². The largest absolute Gasteiger partial charge is 0.455 e. The predicted molar refractivity (Wildman–Crippen MR) is 93.0 cm³/mol. The van der Waals surface area contributed by atoms with Gasteiger partial charge in [0, 0.05) is 38.8 Å². The van der Waals surface area contributed by atoms with Crippen LogP contribution in [0.4, 0.5) is 0 Å². The van der Waals surface area contributed by atoms with E-state index in [2.05, 4.69) is 20.4 Å². The molecule has 0 aromatic carbocycles. The lowest BCUT2D eigenvalue weighted by Gasteiger charge is -2.30. The van der Waals surface area contributed by atoms with Crippen molar-refractivity contribution >= 4 is 10.0 Å². The summed E-state index contributed by atoms with van der Waals surface area (Å²) in [6, 6.07) is 1.51. The highest BCUT2D eigenvalue weighted by atomic mass is 32.2. The van der Waals surface area contributed by atoms with Crippen molar-refractivity contribution in [3.8, 4) is 11.7 Å². The van der Waals surface area contributed by atoms with Crippen LogP contribution in [0.5, 0.6) is 0 Å². The molecule has 4 heterocycles. The van der Waals surface area contributed by atoms with Gasteiger partial charge < -0.3 is 14.3 Å². The smallest absolute Gasteiger partial charge is 0.293 e. The van der Waals surface area contributed by atoms with Crippen LogP contribution in [-0.2, 0) is 10.0 Å². The number of furan rings is 1. The molecule has 0 radical (unpaired) electrons. The Kier molecular flexibility index (Phi) is 4.59. The number of nitrogens with zero attached hydrogens (tertiary/aromatic N) is 4. The molecule has 0 spiro atoms. The third-order valence-electron chi connectivity index (χ3n) is 5.02. The fourth-order valence-corrected chi connectivity index (χ4v) is 5.14. The first kappa shape index (κ1) is 17.7. The van der Waals surface area contributed by atoms with E-state index >= 15 is 0 Å². The Morgan fingerprint density at radius 1 is 1.27 bits per heavy atom. The van der Waals surface area contributed by atoms with Crippen molar-refractivity contribution in [3.63, 3.8) is 0 Å². The summed E-state index contributed by atoms with van der Waals surface area (Å²) >= 11 is 0. The summed E-state index contributed by atoms with van der Waals surface area (Å²) in [5.74, 6) is 1.38. The lowest BCUT2D eigenvalue weighted by Crippen LogP contribution is -2.44. The van der Waals surface area contributed by atoms with Crippen molar-refractivity contribution in [2.45, 2.75) is 30.7 Å². The van der Waals surface area contributed by atoms with Gasteiger partial charge in [-0.25, -0.2) is 8.42 Å². The number of sulfonamides is 1. The Bertz CT molecular complexity index is 884. The first-order valence-corrected chi connectivity index (χ1v) is 10.3. The van der Waals surface area contributed by atoms with Gasteiger partial charge >= 0.3 is 0 Å². The maximum Gasteiger partial charge on any atom is 0.293 e. The van der Waals surface area contributed by atoms with Gasteiger partial charge in [-0.05, 0) is 26.8 Å². The number of aromatic nitrogens is 2. The monoisotopic (exact) mass is 381 g/mol. The van der Waals surface area contributed by atoms with Crippen molar-refractivity contribution < 1.29 is 17.4 Å². The molecule has 0 aliphatic carbocycles. The average molecular weight is 381 g/mol. The molecule has 2 aliphatic rings. The second-order valence-corrected chi connectivity index (χ2v) is 8.71. The Hall–Kier alpha value is -1.75. The zero-order valence-corrected chi connectivity index (χ0v) is 15.8. The quantitative estimate of drug-likeness (QED) is 0.836. The van der Waals surface area contributed by atoms with Gasteiger partial charge in [-0.2, -0.15) is 9.29 Å². The molecule has 10 heteroatoms. The van der Waals surface area contributed by atoms with Crippen LogP contribution in [0.15, 0.2) is 19.9 Å². The third kappa shape index (κ3) is 3.07. The van der Waals surface area contributed by atoms with Gasteiger partial charge in [0.2, 0.25) is 10.0 Å². The van der Waals surface area contributed by atoms with Crippen LogP contribution in [-0.4, -0.2) is 67.5 Å². The molecular formula is C16H23N5O4S. The van der Waals surface area contributed by atoms with Crippen molar-refractivity contribution in [1.29, 1.82) is 0 Å². The molecule has 1 atom stereocenters. The highest BCUT2D eigenvalue weighted by Crippen LogP contribution is 2.31. The first-order valence-electron chi connectivity index (χ1n) is 8.82. The zero-order valence-electron chi connectivity index (χ0n) is 14.9. The lowest BCUT2D eigenvalue weighted by molar-refractivity contribution is 0.190. The molecule has 0 amide bonds. The van der Waals surface area contributed by atoms with Crippen molar-refractivity contribution in [2.75, 3.05) is 39.8 Å². The van der Waals surface area contributed by atoms with Crippen molar-refractivity contribution in [2.24, 2.45) is 0 Å². The maximum absolute atomic E-state index is 12.8. The topological polar surface area (TPSA) is 105 Å². The highest BCUT2D eigenvalue weighted by molar-refractivity contribution is 7.89. The number of rotatable bonds is 4. The second-order valence-electron chi connectivity index (χ2n) is 6.80. The van der Waals surface area contributed by atoms with E-state index in [-0.39, 0.29) is 22.6 Å². The molecule has 4 rings (SSSR count). The molecule has 2 fully saturated rings. The Balaban J connectivity index is 1.61. The molecule has 1 N–H and O–H groups in total. The van der Waals surface area contributed by atoms with Crippen LogP contribution < -0.4 is 5.32 Å². The fraction of sp³-hybridized carbons (Fsp3) is 0.625. The minimum Gasteiger partial charge on any atom is -0.455 e. The summed E-state index contributed by atoms with van der Waals surface area (Å²) in [6.45, 7) is 5.30. The minimum atomic E-state index is -3.55. The summed E-state index contributed by atoms with van der Waals surface area (Å²) in [5, 5.41) is 7.36. The van der Waals surface area contributed by atoms with E-state index < -0.39 is 10.0 Å². The summed E-state index contributed by atoms with van der Waals surface area (Å²) in [5.41, 5.74) is 0. The molecule has 1 unspecified atom stereocenters. The Labute approximate surface area is 152 Å². The summed E-state index contributed by atoms with van der Waals surface area (Å²) in [4.78, 5) is 6.75. The predicted octanol–water partition coefficient (Wildman–Crippen LogP) is 0.999. The lowest BCUT2D eigenvalue weighted by atomic mass is 10.2. The van der Waals surface area contributed by atoms with Crippen LogP contribution in [0.25, 0.3) is 11.7 Å². The van der Waals surface area contributed by atoms with E-state index in [0.29, 0.717) is 24.7 Å².